The van der Waals surface area contributed by atoms with E-state index in [1.807, 2.05) is 4.90 Å². The van der Waals surface area contributed by atoms with Crippen LogP contribution in [-0.2, 0) is 4.79 Å². The summed E-state index contributed by atoms with van der Waals surface area (Å²) >= 11 is 0. The van der Waals surface area contributed by atoms with Crippen LogP contribution in [0.15, 0.2) is 0 Å². The van der Waals surface area contributed by atoms with E-state index in [-0.39, 0.29) is 12.5 Å². The van der Waals surface area contributed by atoms with E-state index in [2.05, 4.69) is 6.92 Å². The molecule has 0 aliphatic heterocycles. The van der Waals surface area contributed by atoms with Crippen LogP contribution in [0.3, 0.4) is 0 Å². The number of hydrogen-bond acceptors (Lipinski definition) is 2. The summed E-state index contributed by atoms with van der Waals surface area (Å²) in [6, 6.07) is 0. The first-order chi connectivity index (χ1) is 7.77. The summed E-state index contributed by atoms with van der Waals surface area (Å²) in [7, 11) is 0. The molecule has 1 saturated carbocycles. The Morgan fingerprint density at radius 1 is 1.25 bits per heavy atom. The molecule has 0 saturated heterocycles. The molecular weight excluding hydrogens is 202 g/mol. The van der Waals surface area contributed by atoms with Crippen molar-refractivity contribution in [1.29, 1.82) is 0 Å². The first-order valence-corrected chi connectivity index (χ1v) is 6.66. The molecule has 0 spiro atoms. The number of carbonyl (C=O) groups excluding carboxylic acids is 1. The fraction of sp³-hybridized carbons (Fsp3) is 0.923. The third kappa shape index (κ3) is 4.52. The molecule has 1 N–H and O–H groups in total. The molecule has 0 aromatic heterocycles. The first kappa shape index (κ1) is 13.5. The molecule has 1 aliphatic carbocycles. The Bertz CT molecular complexity index is 194. The third-order valence-electron chi connectivity index (χ3n) is 3.40. The van der Waals surface area contributed by atoms with Crippen LogP contribution in [0, 0.1) is 5.92 Å². The van der Waals surface area contributed by atoms with Gasteiger partial charge in [0.15, 0.2) is 0 Å². The number of nitrogens with zero attached hydrogens (tertiary/aromatic N) is 1. The highest BCUT2D eigenvalue weighted by Gasteiger charge is 2.20. The van der Waals surface area contributed by atoms with Crippen molar-refractivity contribution in [3.05, 3.63) is 0 Å². The summed E-state index contributed by atoms with van der Waals surface area (Å²) in [6.45, 7) is 3.43. The number of aliphatic hydroxyl groups is 1. The summed E-state index contributed by atoms with van der Waals surface area (Å²) in [6.07, 6.45) is 7.99. The molecule has 94 valence electrons. The van der Waals surface area contributed by atoms with E-state index in [0.29, 0.717) is 18.9 Å². The SMILES string of the molecule is CCCN(CCO)C(=O)CC1CCCCC1. The van der Waals surface area contributed by atoms with Crippen LogP contribution in [0.5, 0.6) is 0 Å². The molecule has 3 heteroatoms. The largest absolute Gasteiger partial charge is 0.395 e. The van der Waals surface area contributed by atoms with Gasteiger partial charge in [-0.3, -0.25) is 4.79 Å². The van der Waals surface area contributed by atoms with Crippen molar-refractivity contribution in [3.8, 4) is 0 Å². The van der Waals surface area contributed by atoms with Gasteiger partial charge in [0.25, 0.3) is 0 Å². The predicted molar refractivity (Wildman–Crippen MR) is 65.1 cm³/mol. The molecule has 0 atom stereocenters. The fourth-order valence-corrected chi connectivity index (χ4v) is 2.52. The Morgan fingerprint density at radius 3 is 2.50 bits per heavy atom. The van der Waals surface area contributed by atoms with Crippen LogP contribution in [-0.4, -0.2) is 35.6 Å². The Hall–Kier alpha value is -0.570. The van der Waals surface area contributed by atoms with Gasteiger partial charge in [-0.05, 0) is 25.2 Å². The van der Waals surface area contributed by atoms with Crippen molar-refractivity contribution in [1.82, 2.24) is 4.90 Å². The smallest absolute Gasteiger partial charge is 0.222 e. The summed E-state index contributed by atoms with van der Waals surface area (Å²) in [5, 5.41) is 8.92. The van der Waals surface area contributed by atoms with Crippen LogP contribution in [0.4, 0.5) is 0 Å². The highest BCUT2D eigenvalue weighted by molar-refractivity contribution is 5.76. The average Bonchev–Trinajstić information content (AvgIpc) is 2.30. The van der Waals surface area contributed by atoms with Gasteiger partial charge in [0.2, 0.25) is 5.91 Å². The summed E-state index contributed by atoms with van der Waals surface area (Å²) in [5.41, 5.74) is 0. The third-order valence-corrected chi connectivity index (χ3v) is 3.40. The molecule has 3 nitrogen and oxygen atoms in total. The average molecular weight is 227 g/mol. The fourth-order valence-electron chi connectivity index (χ4n) is 2.52. The zero-order valence-corrected chi connectivity index (χ0v) is 10.5. The highest BCUT2D eigenvalue weighted by atomic mass is 16.3. The normalized spacial score (nSPS) is 17.4. The molecule has 1 aliphatic rings. The van der Waals surface area contributed by atoms with Gasteiger partial charge in [-0.1, -0.05) is 26.2 Å². The van der Waals surface area contributed by atoms with Crippen molar-refractivity contribution >= 4 is 5.91 Å². The van der Waals surface area contributed by atoms with Gasteiger partial charge in [-0.2, -0.15) is 0 Å². The lowest BCUT2D eigenvalue weighted by atomic mass is 9.86. The molecule has 0 aromatic carbocycles. The van der Waals surface area contributed by atoms with E-state index in [9.17, 15) is 4.79 Å². The quantitative estimate of drug-likeness (QED) is 0.755. The lowest BCUT2D eigenvalue weighted by Gasteiger charge is -2.26. The van der Waals surface area contributed by atoms with E-state index < -0.39 is 0 Å². The van der Waals surface area contributed by atoms with Gasteiger partial charge < -0.3 is 10.0 Å². The molecule has 1 rings (SSSR count). The van der Waals surface area contributed by atoms with Crippen LogP contribution >= 0.6 is 0 Å². The number of carbonyl (C=O) groups is 1. The molecule has 0 unspecified atom stereocenters. The molecule has 0 radical (unpaired) electrons. The lowest BCUT2D eigenvalue weighted by Crippen LogP contribution is -2.35. The van der Waals surface area contributed by atoms with Gasteiger partial charge in [-0.25, -0.2) is 0 Å². The zero-order chi connectivity index (χ0) is 11.8. The van der Waals surface area contributed by atoms with E-state index in [1.54, 1.807) is 0 Å². The van der Waals surface area contributed by atoms with Crippen LogP contribution < -0.4 is 0 Å². The Kier molecular flexibility index (Phi) is 6.46. The maximum atomic E-state index is 12.0. The van der Waals surface area contributed by atoms with Gasteiger partial charge in [0, 0.05) is 19.5 Å². The van der Waals surface area contributed by atoms with Crippen molar-refractivity contribution in [2.24, 2.45) is 5.92 Å². The molecule has 0 heterocycles. The van der Waals surface area contributed by atoms with Gasteiger partial charge in [0.05, 0.1) is 6.61 Å². The van der Waals surface area contributed by atoms with Crippen molar-refractivity contribution in [2.75, 3.05) is 19.7 Å². The maximum Gasteiger partial charge on any atom is 0.222 e. The summed E-state index contributed by atoms with van der Waals surface area (Å²) in [4.78, 5) is 13.8. The zero-order valence-electron chi connectivity index (χ0n) is 10.5. The van der Waals surface area contributed by atoms with Gasteiger partial charge >= 0.3 is 0 Å². The highest BCUT2D eigenvalue weighted by Crippen LogP contribution is 2.26. The Balaban J connectivity index is 2.34. The molecule has 0 aromatic rings. The summed E-state index contributed by atoms with van der Waals surface area (Å²) < 4.78 is 0. The molecule has 16 heavy (non-hydrogen) atoms. The van der Waals surface area contributed by atoms with Gasteiger partial charge in [0.1, 0.15) is 0 Å². The van der Waals surface area contributed by atoms with Crippen LogP contribution in [0.25, 0.3) is 0 Å². The Labute approximate surface area is 98.8 Å². The lowest BCUT2D eigenvalue weighted by molar-refractivity contribution is -0.133. The van der Waals surface area contributed by atoms with E-state index in [1.165, 1.54) is 32.1 Å². The van der Waals surface area contributed by atoms with E-state index in [0.717, 1.165) is 13.0 Å². The Morgan fingerprint density at radius 2 is 1.94 bits per heavy atom. The van der Waals surface area contributed by atoms with Crippen molar-refractivity contribution in [3.63, 3.8) is 0 Å². The van der Waals surface area contributed by atoms with Gasteiger partial charge in [-0.15, -0.1) is 0 Å². The van der Waals surface area contributed by atoms with Crippen molar-refractivity contribution < 1.29 is 9.90 Å². The van der Waals surface area contributed by atoms with Crippen molar-refractivity contribution in [2.45, 2.75) is 51.9 Å². The number of amides is 1. The molecule has 1 fully saturated rings. The molecule has 0 bridgehead atoms. The molecular formula is C13H25NO2. The van der Waals surface area contributed by atoms with Crippen LogP contribution in [0.1, 0.15) is 51.9 Å². The first-order valence-electron chi connectivity index (χ1n) is 6.66. The standard InChI is InChI=1S/C13H25NO2/c1-2-8-14(9-10-15)13(16)11-12-6-4-3-5-7-12/h12,15H,2-11H2,1H3. The minimum absolute atomic E-state index is 0.0798. The number of rotatable bonds is 6. The van der Waals surface area contributed by atoms with E-state index in [4.69, 9.17) is 5.11 Å². The minimum Gasteiger partial charge on any atom is -0.395 e. The maximum absolute atomic E-state index is 12.0. The second-order valence-corrected chi connectivity index (χ2v) is 4.81. The molecule has 1 amide bonds. The summed E-state index contributed by atoms with van der Waals surface area (Å²) in [5.74, 6) is 0.835. The second kappa shape index (κ2) is 7.66. The topological polar surface area (TPSA) is 40.5 Å². The monoisotopic (exact) mass is 227 g/mol. The minimum atomic E-state index is 0.0798. The van der Waals surface area contributed by atoms with Crippen LogP contribution in [0.2, 0.25) is 0 Å². The van der Waals surface area contributed by atoms with E-state index >= 15 is 0 Å². The number of aliphatic hydroxyl groups excluding tert-OH is 1. The second-order valence-electron chi connectivity index (χ2n) is 4.81. The number of hydrogen-bond donors (Lipinski definition) is 1. The predicted octanol–water partition coefficient (Wildman–Crippen LogP) is 2.19.